The number of rotatable bonds is 26. The molecule has 25 heteroatoms. The molecule has 0 aromatic carbocycles. The molecule has 0 aliphatic rings. The Bertz CT molecular complexity index is 660. The minimum atomic E-state index is -4.63. The van der Waals surface area contributed by atoms with Crippen LogP contribution in [0.1, 0.15) is 19.8 Å². The van der Waals surface area contributed by atoms with E-state index < -0.39 is 67.7 Å². The van der Waals surface area contributed by atoms with Crippen molar-refractivity contribution in [2.45, 2.75) is 38.0 Å². The van der Waals surface area contributed by atoms with Gasteiger partial charge in [0.25, 0.3) is 0 Å². The molecule has 0 aliphatic carbocycles. The second kappa shape index (κ2) is 27.5. The maximum atomic E-state index is 13.1. The molecule has 2 atom stereocenters. The molecule has 0 aromatic rings. The summed E-state index contributed by atoms with van der Waals surface area (Å²) in [5, 5.41) is 5.89. The van der Waals surface area contributed by atoms with Gasteiger partial charge in [-0.15, -0.1) is 0 Å². The molecule has 14 nitrogen and oxygen atoms in total. The second-order valence-corrected chi connectivity index (χ2v) is 19.5. The van der Waals surface area contributed by atoms with Crippen molar-refractivity contribution in [1.82, 2.24) is 10.6 Å². The maximum Gasteiger partial charge on any atom is 0.671 e. The molecule has 0 saturated heterocycles. The number of hydrogen-bond acceptors (Lipinski definition) is 14. The van der Waals surface area contributed by atoms with Gasteiger partial charge in [-0.25, -0.2) is 8.78 Å². The van der Waals surface area contributed by atoms with Gasteiger partial charge in [-0.05, 0) is 19.4 Å². The van der Waals surface area contributed by atoms with Crippen molar-refractivity contribution in [1.29, 1.82) is 0 Å². The Labute approximate surface area is 277 Å². The fourth-order valence-corrected chi connectivity index (χ4v) is 16.3. The molecule has 0 saturated carbocycles. The fraction of sp³-hybridized carbons (Fsp3) is 1.00. The van der Waals surface area contributed by atoms with Crippen LogP contribution in [0, 0.1) is 5.92 Å². The van der Waals surface area contributed by atoms with Crippen LogP contribution in [0.3, 0.4) is 0 Å². The van der Waals surface area contributed by atoms with Gasteiger partial charge < -0.3 is 62.8 Å². The minimum Gasteiger partial charge on any atom is -0.355 e. The molecule has 2 unspecified atom stereocenters. The van der Waals surface area contributed by atoms with Crippen molar-refractivity contribution in [2.24, 2.45) is 5.92 Å². The zero-order valence-corrected chi connectivity index (χ0v) is 32.9. The van der Waals surface area contributed by atoms with E-state index in [0.29, 0.717) is 20.1 Å². The first-order valence-electron chi connectivity index (χ1n) is 13.8. The largest absolute Gasteiger partial charge is 0.671 e. The summed E-state index contributed by atoms with van der Waals surface area (Å²) in [4.78, 5) is 0. The zero-order valence-electron chi connectivity index (χ0n) is 28.9. The first kappa shape index (κ1) is 51.2. The molecular weight excluding hydrogens is 730 g/mol. The van der Waals surface area contributed by atoms with E-state index >= 15 is 0 Å². The van der Waals surface area contributed by atoms with E-state index in [9.17, 15) is 30.7 Å². The van der Waals surface area contributed by atoms with Crippen LogP contribution in [0.25, 0.3) is 0 Å². The summed E-state index contributed by atoms with van der Waals surface area (Å²) in [5.74, 6) is -2.08. The van der Waals surface area contributed by atoms with Gasteiger partial charge in [-0.3, -0.25) is 8.78 Å². The lowest BCUT2D eigenvalue weighted by Crippen LogP contribution is -2.69. The monoisotopic (exact) mass is 782 g/mol. The molecule has 288 valence electrons. The summed E-state index contributed by atoms with van der Waals surface area (Å²) < 4.78 is 149. The Hall–Kier alpha value is -0.182. The molecule has 0 radical (unpaired) electrons. The summed E-state index contributed by atoms with van der Waals surface area (Å²) in [7, 11) is -3.44. The molecule has 0 spiro atoms. The number of alkyl halides is 7. The first-order chi connectivity index (χ1) is 22.2. The van der Waals surface area contributed by atoms with E-state index in [4.69, 9.17) is 52.2 Å². The van der Waals surface area contributed by atoms with Crippen molar-refractivity contribution < 1.29 is 82.9 Å². The van der Waals surface area contributed by atoms with Crippen LogP contribution < -0.4 is 10.6 Å². The van der Waals surface area contributed by atoms with Gasteiger partial charge in [-0.2, -0.15) is 13.2 Å². The van der Waals surface area contributed by atoms with E-state index in [0.717, 1.165) is 0 Å². The van der Waals surface area contributed by atoms with Crippen molar-refractivity contribution in [3.63, 3.8) is 0 Å². The second-order valence-electron chi connectivity index (χ2n) is 8.55. The van der Waals surface area contributed by atoms with Crippen LogP contribution in [0.5, 0.6) is 0 Å². The van der Waals surface area contributed by atoms with Crippen LogP contribution >= 0.6 is 0 Å². The average molecular weight is 783 g/mol. The molecule has 0 aromatic heterocycles. The smallest absolute Gasteiger partial charge is 0.355 e. The quantitative estimate of drug-likeness (QED) is 0.0757. The van der Waals surface area contributed by atoms with E-state index in [1.165, 1.54) is 64.0 Å². The molecule has 0 amide bonds. The predicted molar refractivity (Wildman–Crippen MR) is 163 cm³/mol. The standard InChI is InChI=1S/C20H48F4N2O12Si4.CH2F2.CH3F/c1-11-19(18(17-21)20(22,23)24)26-15-14-25-13-12-16-39(36-40(27-2,28-3)29-4,37-41(30-5,31-6)32-7)38-42(33-8,34-9)35-10;2-1-3;1-2/h18-19,25-26H,11-17H2,1-10H3;1H2;1H3. The normalized spacial score (nSPS) is 14.2. The topological polar surface area (TPSA) is 135 Å². The molecule has 47 heavy (non-hydrogen) atoms. The third-order valence-corrected chi connectivity index (χ3v) is 18.3. The molecule has 0 fully saturated rings. The highest BCUT2D eigenvalue weighted by Gasteiger charge is 2.66. The molecule has 0 bridgehead atoms. The Balaban J connectivity index is -0.00000364. The molecular formula is C22H53F7N2O12Si4. The molecule has 2 N–H and O–H groups in total. The lowest BCUT2D eigenvalue weighted by Gasteiger charge is -2.41. The van der Waals surface area contributed by atoms with Gasteiger partial charge in [0.1, 0.15) is 6.67 Å². The van der Waals surface area contributed by atoms with Gasteiger partial charge >= 0.3 is 42.1 Å². The summed E-state index contributed by atoms with van der Waals surface area (Å²) in [5.41, 5.74) is 0. The SMILES string of the molecule is CCC(NCCNCCC[Si](O[Si](OC)(OC)OC)(O[Si](OC)(OC)OC)O[Si](OC)(OC)OC)C(CF)C(F)(F)F.CF.FCF. The van der Waals surface area contributed by atoms with E-state index in [2.05, 4.69) is 10.6 Å². The minimum absolute atomic E-state index is 0.0451. The van der Waals surface area contributed by atoms with Crippen LogP contribution in [0.15, 0.2) is 0 Å². The average Bonchev–Trinajstić information content (AvgIpc) is 3.08. The Morgan fingerprint density at radius 2 is 0.936 bits per heavy atom. The maximum absolute atomic E-state index is 13.1. The third kappa shape index (κ3) is 18.0. The summed E-state index contributed by atoms with van der Waals surface area (Å²) >= 11 is 0. The number of nitrogens with one attached hydrogen (secondary N) is 2. The van der Waals surface area contributed by atoms with Gasteiger partial charge in [0.2, 0.25) is 6.93 Å². The van der Waals surface area contributed by atoms with Gasteiger partial charge in [-0.1, -0.05) is 6.92 Å². The van der Waals surface area contributed by atoms with E-state index in [-0.39, 0.29) is 25.6 Å². The molecule has 0 aliphatic heterocycles. The Morgan fingerprint density at radius 1 is 0.596 bits per heavy atom. The Morgan fingerprint density at radius 3 is 1.19 bits per heavy atom. The van der Waals surface area contributed by atoms with Crippen molar-refractivity contribution >= 4 is 35.9 Å². The van der Waals surface area contributed by atoms with Crippen LogP contribution in [-0.2, 0) is 52.2 Å². The van der Waals surface area contributed by atoms with Crippen molar-refractivity contribution in [2.75, 3.05) is 104 Å². The summed E-state index contributed by atoms with van der Waals surface area (Å²) in [6.07, 6.45) is -4.19. The first-order valence-corrected chi connectivity index (χ1v) is 20.7. The van der Waals surface area contributed by atoms with Gasteiger partial charge in [0, 0.05) is 89.2 Å². The third-order valence-electron chi connectivity index (χ3n) is 6.15. The van der Waals surface area contributed by atoms with Crippen molar-refractivity contribution in [3.8, 4) is 0 Å². The van der Waals surface area contributed by atoms with Crippen LogP contribution in [0.4, 0.5) is 30.7 Å². The van der Waals surface area contributed by atoms with Gasteiger partial charge in [0.15, 0.2) is 0 Å². The number of halogens is 7. The highest BCUT2D eigenvalue weighted by atomic mass is 28.5. The summed E-state index contributed by atoms with van der Waals surface area (Å²) in [6, 6.07) is -1.00. The van der Waals surface area contributed by atoms with E-state index in [1.807, 2.05) is 0 Å². The van der Waals surface area contributed by atoms with Crippen LogP contribution in [0.2, 0.25) is 6.04 Å². The zero-order chi connectivity index (χ0) is 37.2. The number of hydrogen-bond donors (Lipinski definition) is 2. The lowest BCUT2D eigenvalue weighted by atomic mass is 9.98. The van der Waals surface area contributed by atoms with Crippen molar-refractivity contribution in [3.05, 3.63) is 0 Å². The molecule has 0 rings (SSSR count). The van der Waals surface area contributed by atoms with E-state index in [1.54, 1.807) is 6.92 Å². The highest BCUT2D eigenvalue weighted by molar-refractivity contribution is 6.82. The Kier molecular flexibility index (Phi) is 30.0. The fourth-order valence-electron chi connectivity index (χ4n) is 3.81. The lowest BCUT2D eigenvalue weighted by molar-refractivity contribution is -0.186. The van der Waals surface area contributed by atoms with Crippen LogP contribution in [-0.4, -0.2) is 153 Å². The summed E-state index contributed by atoms with van der Waals surface area (Å²) in [6.45, 7) is -0.879. The molecule has 0 heterocycles. The predicted octanol–water partition coefficient (Wildman–Crippen LogP) is 3.06. The van der Waals surface area contributed by atoms with Gasteiger partial charge in [0.05, 0.1) is 13.1 Å². The highest BCUT2D eigenvalue weighted by Crippen LogP contribution is 2.32.